The second kappa shape index (κ2) is 10.2. The molecule has 9 heteroatoms. The van der Waals surface area contributed by atoms with Gasteiger partial charge in [-0.1, -0.05) is 41.6 Å². The molecule has 0 amide bonds. The van der Waals surface area contributed by atoms with Gasteiger partial charge in [0.2, 0.25) is 0 Å². The van der Waals surface area contributed by atoms with Gasteiger partial charge in [0.15, 0.2) is 17.3 Å². The van der Waals surface area contributed by atoms with Crippen LogP contribution in [0.25, 0.3) is 0 Å². The average molecular weight is 495 g/mol. The number of benzene rings is 3. The second-order valence-electron chi connectivity index (χ2n) is 8.13. The normalized spacial score (nSPS) is 14.1. The van der Waals surface area contributed by atoms with E-state index in [1.807, 2.05) is 0 Å². The summed E-state index contributed by atoms with van der Waals surface area (Å²) in [4.78, 5) is 42.7. The molecule has 0 radical (unpaired) electrons. The molecule has 0 atom stereocenters. The van der Waals surface area contributed by atoms with Crippen LogP contribution in [0, 0.1) is 5.92 Å². The summed E-state index contributed by atoms with van der Waals surface area (Å²) in [5.74, 6) is -2.65. The zero-order valence-electron chi connectivity index (χ0n) is 19.0. The molecule has 0 saturated carbocycles. The first-order valence-corrected chi connectivity index (χ1v) is 10.9. The number of hydrogen-bond donors (Lipinski definition) is 0. The van der Waals surface area contributed by atoms with Gasteiger partial charge in [-0.25, -0.2) is 0 Å². The van der Waals surface area contributed by atoms with Crippen LogP contribution in [0.1, 0.15) is 44.3 Å². The van der Waals surface area contributed by atoms with Gasteiger partial charge in [0.05, 0.1) is 11.3 Å². The van der Waals surface area contributed by atoms with Gasteiger partial charge in [0.1, 0.15) is 24.9 Å². The number of Topliss-reactive ketones (excluding diaryl/α,β-unsaturated/α-hetero) is 3. The molecule has 0 N–H and O–H groups in total. The van der Waals surface area contributed by atoms with Crippen molar-refractivity contribution in [3.8, 4) is 5.75 Å². The monoisotopic (exact) mass is 495 g/mol. The second-order valence-corrected chi connectivity index (χ2v) is 8.13. The lowest BCUT2D eigenvalue weighted by Crippen LogP contribution is -2.30. The van der Waals surface area contributed by atoms with Crippen molar-refractivity contribution in [1.82, 2.24) is 0 Å². The summed E-state index contributed by atoms with van der Waals surface area (Å²) in [5.41, 5.74) is 1.51. The molecule has 1 aliphatic carbocycles. The summed E-state index contributed by atoms with van der Waals surface area (Å²) in [6.45, 7) is 1.27. The van der Waals surface area contributed by atoms with E-state index in [-0.39, 0.29) is 17.7 Å². The molecular weight excluding hydrogens is 475 g/mol. The summed E-state index contributed by atoms with van der Waals surface area (Å²) in [7, 11) is 0. The highest BCUT2D eigenvalue weighted by Gasteiger charge is 2.43. The number of halogens is 3. The molecule has 36 heavy (non-hydrogen) atoms. The first-order chi connectivity index (χ1) is 17.1. The van der Waals surface area contributed by atoms with Gasteiger partial charge in [-0.2, -0.15) is 13.2 Å². The van der Waals surface area contributed by atoms with E-state index in [1.54, 1.807) is 43.3 Å². The standard InChI is InChI=1S/C27H20F3NO5/c1-16(31-36-14-17-6-10-19(11-7-17)27(28,29)30)18-8-12-20(13-9-18)35-15-23(32)24-25(33)21-4-2-3-5-22(21)26(24)34/h2-13,24H,14-15H2,1H3/b31-16+. The molecule has 0 spiro atoms. The number of oxime groups is 1. The number of ether oxygens (including phenoxy) is 1. The Balaban J connectivity index is 1.29. The van der Waals surface area contributed by atoms with Gasteiger partial charge < -0.3 is 9.57 Å². The molecule has 0 heterocycles. The molecule has 3 aromatic carbocycles. The van der Waals surface area contributed by atoms with E-state index < -0.39 is 41.6 Å². The largest absolute Gasteiger partial charge is 0.486 e. The number of fused-ring (bicyclic) bond motifs is 1. The first-order valence-electron chi connectivity index (χ1n) is 10.9. The maximum absolute atomic E-state index is 12.6. The summed E-state index contributed by atoms with van der Waals surface area (Å²) in [6, 6.07) is 17.5. The van der Waals surface area contributed by atoms with Crippen molar-refractivity contribution in [2.75, 3.05) is 6.61 Å². The van der Waals surface area contributed by atoms with Crippen molar-refractivity contribution in [3.63, 3.8) is 0 Å². The molecule has 0 aromatic heterocycles. The predicted octanol–water partition coefficient (Wildman–Crippen LogP) is 5.29. The van der Waals surface area contributed by atoms with E-state index in [4.69, 9.17) is 9.57 Å². The molecule has 0 saturated heterocycles. The number of nitrogens with zero attached hydrogens (tertiary/aromatic N) is 1. The number of hydrogen-bond acceptors (Lipinski definition) is 6. The molecule has 3 aromatic rings. The molecule has 0 fully saturated rings. The fraction of sp³-hybridized carbons (Fsp3) is 0.185. The van der Waals surface area contributed by atoms with E-state index in [0.717, 1.165) is 12.1 Å². The van der Waals surface area contributed by atoms with Crippen LogP contribution in [0.15, 0.2) is 78.0 Å². The highest BCUT2D eigenvalue weighted by Crippen LogP contribution is 2.29. The summed E-state index contributed by atoms with van der Waals surface area (Å²) >= 11 is 0. The summed E-state index contributed by atoms with van der Waals surface area (Å²) in [5, 5.41) is 3.98. The minimum atomic E-state index is -4.39. The van der Waals surface area contributed by atoms with E-state index in [0.29, 0.717) is 22.6 Å². The van der Waals surface area contributed by atoms with Crippen LogP contribution >= 0.6 is 0 Å². The molecular formula is C27H20F3NO5. The molecule has 0 bridgehead atoms. The third-order valence-corrected chi connectivity index (χ3v) is 5.67. The Kier molecular flexibility index (Phi) is 7.00. The molecule has 1 aliphatic rings. The minimum Gasteiger partial charge on any atom is -0.486 e. The Morgan fingerprint density at radius 2 is 1.47 bits per heavy atom. The lowest BCUT2D eigenvalue weighted by Gasteiger charge is -2.09. The molecule has 0 aliphatic heterocycles. The molecule has 6 nitrogen and oxygen atoms in total. The van der Waals surface area contributed by atoms with E-state index in [9.17, 15) is 27.6 Å². The summed E-state index contributed by atoms with van der Waals surface area (Å²) in [6.07, 6.45) is -4.39. The van der Waals surface area contributed by atoms with Gasteiger partial charge in [0, 0.05) is 11.1 Å². The zero-order valence-corrected chi connectivity index (χ0v) is 19.0. The number of ketones is 3. The third kappa shape index (κ3) is 5.35. The lowest BCUT2D eigenvalue weighted by atomic mass is 9.99. The van der Waals surface area contributed by atoms with Crippen LogP contribution in [-0.4, -0.2) is 29.7 Å². The maximum Gasteiger partial charge on any atom is 0.416 e. The van der Waals surface area contributed by atoms with Crippen molar-refractivity contribution in [3.05, 3.63) is 101 Å². The van der Waals surface area contributed by atoms with E-state index >= 15 is 0 Å². The molecule has 184 valence electrons. The van der Waals surface area contributed by atoms with Gasteiger partial charge in [-0.15, -0.1) is 0 Å². The van der Waals surface area contributed by atoms with Crippen LogP contribution in [0.3, 0.4) is 0 Å². The van der Waals surface area contributed by atoms with Gasteiger partial charge in [-0.3, -0.25) is 14.4 Å². The fourth-order valence-electron chi connectivity index (χ4n) is 3.71. The smallest absolute Gasteiger partial charge is 0.416 e. The first kappa shape index (κ1) is 24.8. The van der Waals surface area contributed by atoms with Gasteiger partial charge >= 0.3 is 6.18 Å². The zero-order chi connectivity index (χ0) is 25.9. The Morgan fingerprint density at radius 3 is 2.03 bits per heavy atom. The Bertz CT molecular complexity index is 1290. The maximum atomic E-state index is 12.6. The van der Waals surface area contributed by atoms with Crippen molar-refractivity contribution in [1.29, 1.82) is 0 Å². The average Bonchev–Trinajstić information content (AvgIpc) is 3.12. The number of carbonyl (C=O) groups is 3. The van der Waals surface area contributed by atoms with Crippen molar-refractivity contribution >= 4 is 23.1 Å². The van der Waals surface area contributed by atoms with Crippen LogP contribution in [0.4, 0.5) is 13.2 Å². The van der Waals surface area contributed by atoms with Crippen LogP contribution in [0.5, 0.6) is 5.75 Å². The van der Waals surface area contributed by atoms with Gasteiger partial charge in [-0.05, 0) is 54.4 Å². The van der Waals surface area contributed by atoms with Crippen LogP contribution in [-0.2, 0) is 22.4 Å². The SMILES string of the molecule is C/C(=N\OCc1ccc(C(F)(F)F)cc1)c1ccc(OCC(=O)C2C(=O)c3ccccc3C2=O)cc1. The molecule has 4 rings (SSSR count). The fourth-order valence-corrected chi connectivity index (χ4v) is 3.71. The lowest BCUT2D eigenvalue weighted by molar-refractivity contribution is -0.137. The number of alkyl halides is 3. The minimum absolute atomic E-state index is 0.00125. The van der Waals surface area contributed by atoms with Gasteiger partial charge in [0.25, 0.3) is 0 Å². The number of rotatable bonds is 8. The predicted molar refractivity (Wildman–Crippen MR) is 124 cm³/mol. The highest BCUT2D eigenvalue weighted by atomic mass is 19.4. The van der Waals surface area contributed by atoms with Crippen LogP contribution in [0.2, 0.25) is 0 Å². The third-order valence-electron chi connectivity index (χ3n) is 5.67. The Hall–Kier alpha value is -4.27. The van der Waals surface area contributed by atoms with E-state index in [2.05, 4.69) is 5.16 Å². The Labute approximate surface area is 204 Å². The van der Waals surface area contributed by atoms with Crippen molar-refractivity contribution < 1.29 is 37.1 Å². The van der Waals surface area contributed by atoms with Crippen molar-refractivity contribution in [2.45, 2.75) is 19.7 Å². The van der Waals surface area contributed by atoms with E-state index in [1.165, 1.54) is 24.3 Å². The van der Waals surface area contributed by atoms with Crippen molar-refractivity contribution in [2.24, 2.45) is 11.1 Å². The molecule has 0 unspecified atom stereocenters. The Morgan fingerprint density at radius 1 is 0.889 bits per heavy atom. The topological polar surface area (TPSA) is 82.0 Å². The number of carbonyl (C=O) groups excluding carboxylic acids is 3. The van der Waals surface area contributed by atoms with Crippen LogP contribution < -0.4 is 4.74 Å². The highest BCUT2D eigenvalue weighted by molar-refractivity contribution is 6.35. The summed E-state index contributed by atoms with van der Waals surface area (Å²) < 4.78 is 43.4. The quantitative estimate of drug-likeness (QED) is 0.241.